The van der Waals surface area contributed by atoms with Crippen molar-refractivity contribution in [2.75, 3.05) is 6.61 Å². The Balaban J connectivity index is 1.91. The topological polar surface area (TPSA) is 109 Å². The molecule has 3 aliphatic heterocycles. The van der Waals surface area contributed by atoms with Gasteiger partial charge in [-0.3, -0.25) is 0 Å². The van der Waals surface area contributed by atoms with Crippen LogP contribution in [0.25, 0.3) is 0 Å². The first-order valence-electron chi connectivity index (χ1n) is 8.76. The van der Waals surface area contributed by atoms with Gasteiger partial charge in [0, 0.05) is 5.70 Å². The Bertz CT molecular complexity index is 730. The maximum atomic E-state index is 12.2. The quantitative estimate of drug-likeness (QED) is 0.681. The van der Waals surface area contributed by atoms with Gasteiger partial charge in [0.25, 0.3) is 0 Å². The molecule has 3 rings (SSSR count). The largest absolute Gasteiger partial charge is 0.414 e. The number of rotatable bonds is 3. The Morgan fingerprint density at radius 1 is 1.31 bits per heavy atom. The maximum absolute atomic E-state index is 12.2. The number of sulfonamides is 1. The molecule has 0 aromatic rings. The Hall–Kier alpha value is -0.493. The number of fused-ring (bicyclic) bond motifs is 2. The fourth-order valence-corrected chi connectivity index (χ4v) is 5.75. The smallest absolute Gasteiger partial charge is 0.236 e. The van der Waals surface area contributed by atoms with Crippen molar-refractivity contribution in [2.24, 2.45) is 5.73 Å². The van der Waals surface area contributed by atoms with Crippen LogP contribution in [-0.2, 0) is 28.7 Å². The van der Waals surface area contributed by atoms with Crippen molar-refractivity contribution in [1.82, 2.24) is 4.72 Å². The molecule has 26 heavy (non-hydrogen) atoms. The van der Waals surface area contributed by atoms with Gasteiger partial charge in [-0.25, -0.2) is 8.42 Å². The number of hydrogen-bond acceptors (Lipinski definition) is 7. The first kappa shape index (κ1) is 20.2. The molecule has 8 nitrogen and oxygen atoms in total. The minimum absolute atomic E-state index is 0.0141. The van der Waals surface area contributed by atoms with E-state index < -0.39 is 48.2 Å². The summed E-state index contributed by atoms with van der Waals surface area (Å²) in [6, 6.07) is 0. The Morgan fingerprint density at radius 2 is 1.92 bits per heavy atom. The van der Waals surface area contributed by atoms with Gasteiger partial charge in [0.15, 0.2) is 20.4 Å². The van der Waals surface area contributed by atoms with Gasteiger partial charge in [0.2, 0.25) is 10.0 Å². The second-order valence-electron chi connectivity index (χ2n) is 9.21. The lowest BCUT2D eigenvalue weighted by atomic mass is 9.87. The summed E-state index contributed by atoms with van der Waals surface area (Å²) < 4.78 is 51.1. The number of hydrogen-bond donors (Lipinski definition) is 2. The predicted octanol–water partition coefficient (Wildman–Crippen LogP) is 1.36. The lowest BCUT2D eigenvalue weighted by molar-refractivity contribution is -0.213. The summed E-state index contributed by atoms with van der Waals surface area (Å²) in [5.41, 5.74) is 5.11. The third-order valence-corrected chi connectivity index (χ3v) is 11.5. The number of nitrogens with two attached hydrogens (primary N) is 1. The van der Waals surface area contributed by atoms with E-state index >= 15 is 0 Å². The lowest BCUT2D eigenvalue weighted by Crippen LogP contribution is -2.62. The van der Waals surface area contributed by atoms with Crippen LogP contribution in [0.4, 0.5) is 0 Å². The SMILES string of the molecule is CC1(C)O[C@H]2O[C@H](CO[Si](C)(C)C(C)(C)C)[C@@]3(NS(=O)(=O)C=C3N)[C@H]2O1. The molecule has 0 unspecified atom stereocenters. The standard InChI is InChI=1S/C16H30N2O6SSi/c1-14(2,3)26(6,7)21-8-11-16(10(17)9-25(19,20)18-16)12-13(22-11)24-15(4,5)23-12/h9,11-13,18H,8,17H2,1-7H3/t11-,12+,13-,16-/m1/s1. The normalized spacial score (nSPS) is 38.6. The third-order valence-electron chi connectivity index (χ3n) is 5.79. The second-order valence-corrected chi connectivity index (χ2v) is 15.5. The van der Waals surface area contributed by atoms with Crippen molar-refractivity contribution in [3.05, 3.63) is 11.1 Å². The molecule has 3 aliphatic rings. The van der Waals surface area contributed by atoms with Gasteiger partial charge in [-0.1, -0.05) is 20.8 Å². The van der Waals surface area contributed by atoms with Crippen LogP contribution in [0.1, 0.15) is 34.6 Å². The predicted molar refractivity (Wildman–Crippen MR) is 98.9 cm³/mol. The Labute approximate surface area is 156 Å². The van der Waals surface area contributed by atoms with Crippen molar-refractivity contribution in [3.8, 4) is 0 Å². The monoisotopic (exact) mass is 406 g/mol. The average Bonchev–Trinajstić information content (AvgIpc) is 2.95. The molecule has 2 saturated heterocycles. The van der Waals surface area contributed by atoms with E-state index in [4.69, 9.17) is 24.4 Å². The van der Waals surface area contributed by atoms with Crippen molar-refractivity contribution < 1.29 is 27.1 Å². The molecule has 150 valence electrons. The molecule has 0 saturated carbocycles. The van der Waals surface area contributed by atoms with Gasteiger partial charge in [0.1, 0.15) is 17.7 Å². The Morgan fingerprint density at radius 3 is 2.42 bits per heavy atom. The highest BCUT2D eigenvalue weighted by atomic mass is 32.2. The molecule has 10 heteroatoms. The van der Waals surface area contributed by atoms with E-state index in [2.05, 4.69) is 38.6 Å². The third kappa shape index (κ3) is 3.15. The van der Waals surface area contributed by atoms with Crippen LogP contribution in [0.3, 0.4) is 0 Å². The van der Waals surface area contributed by atoms with Crippen molar-refractivity contribution >= 4 is 18.3 Å². The summed E-state index contributed by atoms with van der Waals surface area (Å²) in [6.45, 7) is 14.4. The molecule has 3 heterocycles. The van der Waals surface area contributed by atoms with E-state index in [-0.39, 0.29) is 17.3 Å². The lowest BCUT2D eigenvalue weighted by Gasteiger charge is -2.40. The molecule has 4 atom stereocenters. The molecule has 0 aromatic carbocycles. The first-order chi connectivity index (χ1) is 11.6. The molecule has 0 bridgehead atoms. The highest BCUT2D eigenvalue weighted by Crippen LogP contribution is 2.48. The van der Waals surface area contributed by atoms with Gasteiger partial charge in [0.05, 0.1) is 12.0 Å². The van der Waals surface area contributed by atoms with E-state index in [1.165, 1.54) is 0 Å². The summed E-state index contributed by atoms with van der Waals surface area (Å²) in [5, 5.41) is 1.05. The van der Waals surface area contributed by atoms with Crippen molar-refractivity contribution in [1.29, 1.82) is 0 Å². The summed E-state index contributed by atoms with van der Waals surface area (Å²) in [6.07, 6.45) is -2.04. The second kappa shape index (κ2) is 5.76. The van der Waals surface area contributed by atoms with Crippen LogP contribution < -0.4 is 10.5 Å². The molecule has 0 aromatic heterocycles. The van der Waals surface area contributed by atoms with E-state index in [0.29, 0.717) is 0 Å². The van der Waals surface area contributed by atoms with Crippen LogP contribution in [0.15, 0.2) is 11.1 Å². The fraction of sp³-hybridized carbons (Fsp3) is 0.875. The number of ether oxygens (including phenoxy) is 3. The molecule has 3 N–H and O–H groups in total. The van der Waals surface area contributed by atoms with Crippen LogP contribution in [0, 0.1) is 0 Å². The molecule has 2 fully saturated rings. The van der Waals surface area contributed by atoms with Crippen LogP contribution in [0.2, 0.25) is 18.1 Å². The fourth-order valence-electron chi connectivity index (χ4n) is 3.32. The summed E-state index contributed by atoms with van der Waals surface area (Å²) >= 11 is 0. The highest BCUT2D eigenvalue weighted by Gasteiger charge is 2.68. The minimum Gasteiger partial charge on any atom is -0.414 e. The van der Waals surface area contributed by atoms with Gasteiger partial charge in [-0.2, -0.15) is 4.72 Å². The van der Waals surface area contributed by atoms with E-state index in [1.54, 1.807) is 13.8 Å². The zero-order valence-corrected chi connectivity index (χ0v) is 18.3. The number of nitrogens with one attached hydrogen (secondary N) is 1. The van der Waals surface area contributed by atoms with Crippen molar-refractivity contribution in [3.63, 3.8) is 0 Å². The summed E-state index contributed by atoms with van der Waals surface area (Å²) in [5.74, 6) is -0.887. The minimum atomic E-state index is -3.68. The van der Waals surface area contributed by atoms with Crippen LogP contribution in [-0.4, -0.2) is 53.2 Å². The molecule has 0 amide bonds. The average molecular weight is 407 g/mol. The maximum Gasteiger partial charge on any atom is 0.236 e. The van der Waals surface area contributed by atoms with E-state index in [9.17, 15) is 8.42 Å². The molecular formula is C16H30N2O6SSi. The first-order valence-corrected chi connectivity index (χ1v) is 13.2. The van der Waals surface area contributed by atoms with Crippen molar-refractivity contribution in [2.45, 2.75) is 82.6 Å². The summed E-state index contributed by atoms with van der Waals surface area (Å²) in [4.78, 5) is 0. The highest BCUT2D eigenvalue weighted by molar-refractivity contribution is 7.92. The van der Waals surface area contributed by atoms with Gasteiger partial charge in [-0.15, -0.1) is 0 Å². The van der Waals surface area contributed by atoms with E-state index in [1.807, 2.05) is 0 Å². The van der Waals surface area contributed by atoms with E-state index in [0.717, 1.165) is 5.41 Å². The van der Waals surface area contributed by atoms with Crippen LogP contribution in [0.5, 0.6) is 0 Å². The molecular weight excluding hydrogens is 376 g/mol. The zero-order chi connectivity index (χ0) is 19.8. The summed E-state index contributed by atoms with van der Waals surface area (Å²) in [7, 11) is -5.74. The Kier molecular flexibility index (Phi) is 4.48. The van der Waals surface area contributed by atoms with Gasteiger partial charge < -0.3 is 24.4 Å². The molecule has 0 radical (unpaired) electrons. The zero-order valence-electron chi connectivity index (χ0n) is 16.5. The van der Waals surface area contributed by atoms with Gasteiger partial charge in [-0.05, 0) is 32.0 Å². The van der Waals surface area contributed by atoms with Gasteiger partial charge >= 0.3 is 0 Å². The van der Waals surface area contributed by atoms with Crippen LogP contribution >= 0.6 is 0 Å². The molecule has 1 spiro atoms. The molecule has 0 aliphatic carbocycles.